The van der Waals surface area contributed by atoms with Crippen molar-refractivity contribution in [2.24, 2.45) is 78.3 Å². The molecule has 92 heavy (non-hydrogen) atoms. The molecular weight excluding hydrogens is 1140 g/mol. The van der Waals surface area contributed by atoms with Crippen LogP contribution in [0.4, 0.5) is 0 Å². The van der Waals surface area contributed by atoms with Gasteiger partial charge in [0.25, 0.3) is 0 Å². The summed E-state index contributed by atoms with van der Waals surface area (Å²) >= 11 is 0. The van der Waals surface area contributed by atoms with Crippen LogP contribution in [0.2, 0.25) is 0 Å². The minimum Gasteiger partial charge on any atom is -0.381 e. The third-order valence-electron chi connectivity index (χ3n) is 18.1. The van der Waals surface area contributed by atoms with E-state index in [2.05, 4.69) is 187 Å². The predicted molar refractivity (Wildman–Crippen MR) is 399 cm³/mol. The first-order chi connectivity index (χ1) is 42.2. The van der Waals surface area contributed by atoms with Gasteiger partial charge >= 0.3 is 0 Å². The van der Waals surface area contributed by atoms with Crippen molar-refractivity contribution in [3.8, 4) is 0 Å². The monoisotopic (exact) mass is 1310 g/mol. The first-order valence-corrected chi connectivity index (χ1v) is 39.1. The standard InChI is InChI=1S/C11H22.2C10H20O.C10H20.C9H18O2.C9H18O.C9H18.C8H16O2.C8H16O/c1-11(2,3)9-10-7-5-4-6-8-10;1-10(2,3)8-9-4-6-11-7-5-9;1-10(2,3)8-9-6-4-5-7-11-9;1-10(2,3)8-9-6-4-5-7-9;1-9(2,3)7-8-10-5-4-6-11-8;1-9(2,3)7-8-5-4-6-10-8;1-9(2,3)7-8-5-4-6-8;1-8(2,3)6-7-9-4-5-10-7;1-8(2,3)4-7-5-9-6-7/h10H,4-9H2,1-3H3;2*9H,4-8H2,1-3H3;9H,4-8H2,1-3H3;8H,4-7H2,1-3H3;8H,4-7H2,1-3H3;8H,4-7H2,1-3H3;7H,4-6H2,1-3H3;7H,4-6H2,1-3H3. The van der Waals surface area contributed by atoms with Crippen molar-refractivity contribution < 1.29 is 37.9 Å². The molecular formula is C84H168O8. The lowest BCUT2D eigenvalue weighted by molar-refractivity contribution is -0.191. The van der Waals surface area contributed by atoms with Gasteiger partial charge in [-0.3, -0.25) is 0 Å². The highest BCUT2D eigenvalue weighted by Gasteiger charge is 2.29. The third-order valence-corrected chi connectivity index (χ3v) is 18.1. The van der Waals surface area contributed by atoms with Crippen LogP contribution in [0.3, 0.4) is 0 Å². The van der Waals surface area contributed by atoms with Crippen LogP contribution in [0.5, 0.6) is 0 Å². The Bertz CT molecular complexity index is 1480. The summed E-state index contributed by atoms with van der Waals surface area (Å²) in [7, 11) is 0. The highest BCUT2D eigenvalue weighted by Crippen LogP contribution is 2.39. The largest absolute Gasteiger partial charge is 0.381 e. The molecule has 0 amide bonds. The van der Waals surface area contributed by atoms with E-state index in [1.54, 1.807) is 0 Å². The maximum absolute atomic E-state index is 5.65. The van der Waals surface area contributed by atoms with Crippen molar-refractivity contribution in [2.75, 3.05) is 66.1 Å². The van der Waals surface area contributed by atoms with Crippen molar-refractivity contribution >= 4 is 0 Å². The van der Waals surface area contributed by atoms with Gasteiger partial charge in [-0.05, 0) is 169 Å². The van der Waals surface area contributed by atoms with Gasteiger partial charge in [0, 0.05) is 45.2 Å². The van der Waals surface area contributed by atoms with Gasteiger partial charge in [-0.25, -0.2) is 0 Å². The lowest BCUT2D eigenvalue weighted by atomic mass is 9.74. The fraction of sp³-hybridized carbons (Fsp3) is 1.00. The molecule has 6 heterocycles. The van der Waals surface area contributed by atoms with E-state index in [1.165, 1.54) is 167 Å². The van der Waals surface area contributed by atoms with Crippen molar-refractivity contribution in [1.82, 2.24) is 0 Å². The molecule has 0 aromatic carbocycles. The van der Waals surface area contributed by atoms with Crippen molar-refractivity contribution in [3.63, 3.8) is 0 Å². The molecule has 0 spiro atoms. The Morgan fingerprint density at radius 2 is 0.467 bits per heavy atom. The molecule has 0 N–H and O–H groups in total. The first-order valence-electron chi connectivity index (χ1n) is 39.1. The molecule has 9 rings (SSSR count). The lowest BCUT2D eigenvalue weighted by Crippen LogP contribution is -2.31. The summed E-state index contributed by atoms with van der Waals surface area (Å²) in [6.07, 6.45) is 40.5. The molecule has 8 nitrogen and oxygen atoms in total. The predicted octanol–water partition coefficient (Wildman–Crippen LogP) is 25.3. The number of hydrogen-bond donors (Lipinski definition) is 0. The fourth-order valence-corrected chi connectivity index (χ4v) is 14.3. The molecule has 3 aliphatic carbocycles. The van der Waals surface area contributed by atoms with Crippen LogP contribution in [-0.2, 0) is 37.9 Å². The average Bonchev–Trinajstić information content (AvgIpc) is 2.58. The van der Waals surface area contributed by atoms with Crippen molar-refractivity contribution in [2.45, 2.75) is 398 Å². The van der Waals surface area contributed by atoms with E-state index in [1.807, 2.05) is 0 Å². The molecule has 3 saturated carbocycles. The topological polar surface area (TPSA) is 73.8 Å². The van der Waals surface area contributed by atoms with Gasteiger partial charge in [-0.15, -0.1) is 0 Å². The maximum atomic E-state index is 5.65. The molecule has 0 radical (unpaired) electrons. The van der Waals surface area contributed by atoms with E-state index >= 15 is 0 Å². The molecule has 0 aromatic heterocycles. The molecule has 2 unspecified atom stereocenters. The molecule has 552 valence electrons. The van der Waals surface area contributed by atoms with Gasteiger partial charge in [0.15, 0.2) is 12.6 Å². The Morgan fingerprint density at radius 1 is 0.196 bits per heavy atom. The van der Waals surface area contributed by atoms with E-state index in [-0.39, 0.29) is 12.6 Å². The van der Waals surface area contributed by atoms with Gasteiger partial charge < -0.3 is 37.9 Å². The summed E-state index contributed by atoms with van der Waals surface area (Å²) in [5.74, 6) is 4.95. The average molecular weight is 1310 g/mol. The zero-order valence-corrected chi connectivity index (χ0v) is 67.5. The van der Waals surface area contributed by atoms with Crippen LogP contribution in [0.25, 0.3) is 0 Å². The Labute approximate surface area is 577 Å². The normalized spacial score (nSPS) is 23.1. The maximum Gasteiger partial charge on any atom is 0.158 e. The van der Waals surface area contributed by atoms with Crippen LogP contribution in [0.1, 0.15) is 373 Å². The molecule has 9 fully saturated rings. The number of hydrogen-bond acceptors (Lipinski definition) is 8. The summed E-state index contributed by atoms with van der Waals surface area (Å²) in [5, 5.41) is 0. The molecule has 2 atom stereocenters. The zero-order chi connectivity index (χ0) is 69.9. The van der Waals surface area contributed by atoms with Crippen LogP contribution in [0, 0.1) is 78.3 Å². The Hall–Kier alpha value is -0.320. The Balaban J connectivity index is 0.000000518. The second-order valence-corrected chi connectivity index (χ2v) is 41.1. The van der Waals surface area contributed by atoms with Crippen LogP contribution >= 0.6 is 0 Å². The number of rotatable bonds is 9. The molecule has 9 aliphatic rings. The van der Waals surface area contributed by atoms with Gasteiger partial charge in [-0.2, -0.15) is 0 Å². The van der Waals surface area contributed by atoms with Crippen LogP contribution in [-0.4, -0.2) is 90.9 Å². The fourth-order valence-electron chi connectivity index (χ4n) is 14.3. The van der Waals surface area contributed by atoms with Crippen LogP contribution < -0.4 is 0 Å². The van der Waals surface area contributed by atoms with Gasteiger partial charge in [-0.1, -0.05) is 264 Å². The van der Waals surface area contributed by atoms with E-state index in [0.717, 1.165) is 115 Å². The third kappa shape index (κ3) is 58.6. The second-order valence-electron chi connectivity index (χ2n) is 41.1. The van der Waals surface area contributed by atoms with E-state index in [4.69, 9.17) is 37.9 Å². The van der Waals surface area contributed by atoms with Gasteiger partial charge in [0.1, 0.15) is 0 Å². The highest BCUT2D eigenvalue weighted by atomic mass is 16.7. The quantitative estimate of drug-likeness (QED) is 0.226. The second kappa shape index (κ2) is 44.7. The molecule has 6 saturated heterocycles. The minimum absolute atomic E-state index is 0.0451. The number of ether oxygens (including phenoxy) is 8. The molecule has 6 aliphatic heterocycles. The smallest absolute Gasteiger partial charge is 0.158 e. The summed E-state index contributed by atoms with van der Waals surface area (Å²) in [4.78, 5) is 0. The zero-order valence-electron chi connectivity index (χ0n) is 67.5. The first kappa shape index (κ1) is 89.7. The van der Waals surface area contributed by atoms with Gasteiger partial charge in [0.2, 0.25) is 0 Å². The SMILES string of the molecule is CC(C)(C)CC1CCC1.CC(C)(C)CC1CCCC1.CC(C)(C)CC1CCCCC1.CC(C)(C)CC1CCCCO1.CC(C)(C)CC1CCCO1.CC(C)(C)CC1CCOCC1.CC(C)(C)CC1COC1.CC(C)(C)CC1OCCCO1.CC(C)(C)CC1OCCO1. The van der Waals surface area contributed by atoms with Crippen LogP contribution in [0.15, 0.2) is 0 Å². The summed E-state index contributed by atoms with van der Waals surface area (Å²) in [6.45, 7) is 71.0. The summed E-state index contributed by atoms with van der Waals surface area (Å²) < 4.78 is 43.1. The lowest BCUT2D eigenvalue weighted by Gasteiger charge is -2.31. The van der Waals surface area contributed by atoms with Gasteiger partial charge in [0.05, 0.1) is 51.8 Å². The Morgan fingerprint density at radius 3 is 0.739 bits per heavy atom. The van der Waals surface area contributed by atoms with E-state index < -0.39 is 0 Å². The molecule has 8 heteroatoms. The Kier molecular flexibility index (Phi) is 43.6. The summed E-state index contributed by atoms with van der Waals surface area (Å²) in [6, 6.07) is 0. The van der Waals surface area contributed by atoms with E-state index in [0.29, 0.717) is 60.9 Å². The molecule has 0 bridgehead atoms. The van der Waals surface area contributed by atoms with Crippen molar-refractivity contribution in [1.29, 1.82) is 0 Å². The van der Waals surface area contributed by atoms with Crippen molar-refractivity contribution in [3.05, 3.63) is 0 Å². The minimum atomic E-state index is 0.0451. The highest BCUT2D eigenvalue weighted by molar-refractivity contribution is 4.79. The summed E-state index contributed by atoms with van der Waals surface area (Å²) in [5.41, 5.74) is 4.19. The van der Waals surface area contributed by atoms with E-state index in [9.17, 15) is 0 Å². The molecule has 0 aromatic rings.